The quantitative estimate of drug-likeness (QED) is 0.324. The Kier molecular flexibility index (Phi) is 5.87. The molecule has 4 aromatic rings. The Morgan fingerprint density at radius 2 is 1.50 bits per heavy atom. The minimum Gasteiger partial charge on any atom is -0.381 e. The lowest BCUT2D eigenvalue weighted by Gasteiger charge is -2.30. The summed E-state index contributed by atoms with van der Waals surface area (Å²) in [5.41, 5.74) is 9.98. The predicted octanol–water partition coefficient (Wildman–Crippen LogP) is 8.12. The molecule has 3 aromatic carbocycles. The van der Waals surface area contributed by atoms with Crippen molar-refractivity contribution in [2.45, 2.75) is 59.0 Å². The monoisotopic (exact) mass is 447 g/mol. The zero-order valence-corrected chi connectivity index (χ0v) is 20.7. The minimum absolute atomic E-state index is 0.684. The highest BCUT2D eigenvalue weighted by Crippen LogP contribution is 2.55. The molecule has 0 radical (unpaired) electrons. The molecule has 1 aliphatic carbocycles. The molecular formula is C32H33NO. The molecular weight excluding hydrogens is 414 g/mol. The molecule has 2 nitrogen and oxygen atoms in total. The van der Waals surface area contributed by atoms with Crippen LogP contribution >= 0.6 is 0 Å². The number of aromatic nitrogens is 1. The van der Waals surface area contributed by atoms with Crippen molar-refractivity contribution in [3.05, 3.63) is 106 Å². The molecule has 0 saturated carbocycles. The van der Waals surface area contributed by atoms with Gasteiger partial charge in [-0.25, -0.2) is 4.98 Å². The van der Waals surface area contributed by atoms with Crippen LogP contribution in [0.4, 0.5) is 0 Å². The molecule has 34 heavy (non-hydrogen) atoms. The SMILES string of the molecule is CCCC1=C(c2ccccc2)c2c(c(-c3ccc(C)cc3)nc3ccc(C)cc23)C1(O)CCC. The van der Waals surface area contributed by atoms with Crippen molar-refractivity contribution in [3.63, 3.8) is 0 Å². The lowest BCUT2D eigenvalue weighted by Crippen LogP contribution is -2.27. The number of nitrogens with zero attached hydrogens (tertiary/aromatic N) is 1. The van der Waals surface area contributed by atoms with Gasteiger partial charge in [-0.2, -0.15) is 0 Å². The Balaban J connectivity index is 1.97. The van der Waals surface area contributed by atoms with Gasteiger partial charge in [-0.05, 0) is 55.5 Å². The Bertz CT molecular complexity index is 1380. The van der Waals surface area contributed by atoms with Crippen LogP contribution in [0.2, 0.25) is 0 Å². The van der Waals surface area contributed by atoms with Crippen LogP contribution in [0, 0.1) is 13.8 Å². The molecule has 0 aliphatic heterocycles. The first kappa shape index (κ1) is 22.6. The molecule has 0 fully saturated rings. The van der Waals surface area contributed by atoms with Gasteiger partial charge in [0.1, 0.15) is 5.60 Å². The third-order valence-electron chi connectivity index (χ3n) is 7.10. The zero-order chi connectivity index (χ0) is 23.9. The fraction of sp³-hybridized carbons (Fsp3) is 0.281. The van der Waals surface area contributed by atoms with E-state index < -0.39 is 5.60 Å². The third kappa shape index (κ3) is 3.58. The topological polar surface area (TPSA) is 33.1 Å². The van der Waals surface area contributed by atoms with E-state index in [0.29, 0.717) is 6.42 Å². The average Bonchev–Trinajstić information content (AvgIpc) is 3.09. The molecule has 0 spiro atoms. The highest BCUT2D eigenvalue weighted by molar-refractivity contribution is 6.04. The maximum atomic E-state index is 12.6. The van der Waals surface area contributed by atoms with Crippen LogP contribution in [0.3, 0.4) is 0 Å². The van der Waals surface area contributed by atoms with Crippen LogP contribution in [0.5, 0.6) is 0 Å². The van der Waals surface area contributed by atoms with Gasteiger partial charge in [0.05, 0.1) is 11.2 Å². The van der Waals surface area contributed by atoms with E-state index in [-0.39, 0.29) is 0 Å². The van der Waals surface area contributed by atoms with Gasteiger partial charge in [0.25, 0.3) is 0 Å². The molecule has 0 amide bonds. The molecule has 5 rings (SSSR count). The van der Waals surface area contributed by atoms with Crippen molar-refractivity contribution in [2.75, 3.05) is 0 Å². The maximum Gasteiger partial charge on any atom is 0.114 e. The first-order valence-electron chi connectivity index (χ1n) is 12.5. The van der Waals surface area contributed by atoms with Gasteiger partial charge in [-0.3, -0.25) is 0 Å². The molecule has 1 N–H and O–H groups in total. The van der Waals surface area contributed by atoms with Crippen LogP contribution in [0.1, 0.15) is 67.3 Å². The average molecular weight is 448 g/mol. The third-order valence-corrected chi connectivity index (χ3v) is 7.10. The number of hydrogen-bond acceptors (Lipinski definition) is 2. The van der Waals surface area contributed by atoms with E-state index in [1.54, 1.807) is 0 Å². The van der Waals surface area contributed by atoms with Crippen LogP contribution in [-0.4, -0.2) is 10.1 Å². The number of hydrogen-bond donors (Lipinski definition) is 1. The minimum atomic E-state index is -1.03. The summed E-state index contributed by atoms with van der Waals surface area (Å²) in [5.74, 6) is 0. The zero-order valence-electron chi connectivity index (χ0n) is 20.7. The molecule has 1 atom stereocenters. The lowest BCUT2D eigenvalue weighted by atomic mass is 9.81. The summed E-state index contributed by atoms with van der Waals surface area (Å²) in [7, 11) is 0. The number of pyridine rings is 1. The Hall–Kier alpha value is -3.23. The van der Waals surface area contributed by atoms with Gasteiger partial charge in [-0.1, -0.05) is 98.5 Å². The number of aryl methyl sites for hydroxylation is 2. The molecule has 1 heterocycles. The highest BCUT2D eigenvalue weighted by atomic mass is 16.3. The van der Waals surface area contributed by atoms with Crippen molar-refractivity contribution in [1.29, 1.82) is 0 Å². The van der Waals surface area contributed by atoms with E-state index >= 15 is 0 Å². The first-order valence-corrected chi connectivity index (χ1v) is 12.5. The molecule has 0 bridgehead atoms. The van der Waals surface area contributed by atoms with E-state index in [9.17, 15) is 5.11 Å². The fourth-order valence-corrected chi connectivity index (χ4v) is 5.61. The first-order chi connectivity index (χ1) is 16.5. The maximum absolute atomic E-state index is 12.6. The second-order valence-electron chi connectivity index (χ2n) is 9.68. The smallest absolute Gasteiger partial charge is 0.114 e. The van der Waals surface area contributed by atoms with Crippen molar-refractivity contribution < 1.29 is 5.11 Å². The van der Waals surface area contributed by atoms with Crippen molar-refractivity contribution in [2.24, 2.45) is 0 Å². The van der Waals surface area contributed by atoms with E-state index in [2.05, 4.69) is 100 Å². The van der Waals surface area contributed by atoms with Crippen LogP contribution < -0.4 is 0 Å². The lowest BCUT2D eigenvalue weighted by molar-refractivity contribution is 0.0663. The van der Waals surface area contributed by atoms with Crippen molar-refractivity contribution in [3.8, 4) is 11.3 Å². The predicted molar refractivity (Wildman–Crippen MR) is 143 cm³/mol. The summed E-state index contributed by atoms with van der Waals surface area (Å²) < 4.78 is 0. The standard InChI is InChI=1S/C32H33NO/c1-5-10-26-28(23-11-8-7-9-12-23)29-25-20-22(4)15-18-27(25)33-31(24-16-13-21(3)14-17-24)30(29)32(26,34)19-6-2/h7-9,11-18,20,34H,5-6,10,19H2,1-4H3. The van der Waals surface area contributed by atoms with Crippen molar-refractivity contribution in [1.82, 2.24) is 4.98 Å². The number of rotatable bonds is 6. The number of benzene rings is 3. The summed E-state index contributed by atoms with van der Waals surface area (Å²) in [6, 6.07) is 25.7. The molecule has 2 heteroatoms. The summed E-state index contributed by atoms with van der Waals surface area (Å²) >= 11 is 0. The van der Waals surface area contributed by atoms with Gasteiger partial charge < -0.3 is 5.11 Å². The Morgan fingerprint density at radius 1 is 0.794 bits per heavy atom. The molecule has 1 aromatic heterocycles. The van der Waals surface area contributed by atoms with E-state index in [0.717, 1.165) is 58.1 Å². The molecule has 172 valence electrons. The molecule has 1 aliphatic rings. The van der Waals surface area contributed by atoms with Gasteiger partial charge in [0.2, 0.25) is 0 Å². The molecule has 1 unspecified atom stereocenters. The van der Waals surface area contributed by atoms with Crippen LogP contribution in [0.15, 0.2) is 78.4 Å². The van der Waals surface area contributed by atoms with Crippen molar-refractivity contribution >= 4 is 16.5 Å². The largest absolute Gasteiger partial charge is 0.381 e. The second kappa shape index (κ2) is 8.85. The fourth-order valence-electron chi connectivity index (χ4n) is 5.61. The van der Waals surface area contributed by atoms with Gasteiger partial charge >= 0.3 is 0 Å². The number of aliphatic hydroxyl groups is 1. The van der Waals surface area contributed by atoms with E-state index in [1.807, 2.05) is 0 Å². The van der Waals surface area contributed by atoms with Crippen LogP contribution in [0.25, 0.3) is 27.7 Å². The van der Waals surface area contributed by atoms with E-state index in [1.165, 1.54) is 22.3 Å². The Morgan fingerprint density at radius 3 is 2.18 bits per heavy atom. The second-order valence-corrected chi connectivity index (χ2v) is 9.68. The van der Waals surface area contributed by atoms with E-state index in [4.69, 9.17) is 4.98 Å². The highest BCUT2D eigenvalue weighted by Gasteiger charge is 2.46. The summed E-state index contributed by atoms with van der Waals surface area (Å²) in [5, 5.41) is 13.7. The summed E-state index contributed by atoms with van der Waals surface area (Å²) in [4.78, 5) is 5.20. The van der Waals surface area contributed by atoms with Crippen LogP contribution in [-0.2, 0) is 5.60 Å². The van der Waals surface area contributed by atoms with Gasteiger partial charge in [-0.15, -0.1) is 0 Å². The number of fused-ring (bicyclic) bond motifs is 3. The Labute approximate surface area is 203 Å². The van der Waals surface area contributed by atoms with Gasteiger partial charge in [0, 0.05) is 22.1 Å². The summed E-state index contributed by atoms with van der Waals surface area (Å²) in [6.07, 6.45) is 3.42. The van der Waals surface area contributed by atoms with Gasteiger partial charge in [0.15, 0.2) is 0 Å². The molecule has 0 saturated heterocycles. The normalized spacial score (nSPS) is 17.4. The summed E-state index contributed by atoms with van der Waals surface area (Å²) in [6.45, 7) is 8.59.